The summed E-state index contributed by atoms with van der Waals surface area (Å²) in [6.45, 7) is 4.72. The van der Waals surface area contributed by atoms with Gasteiger partial charge >= 0.3 is 0 Å². The third-order valence-corrected chi connectivity index (χ3v) is 2.73. The summed E-state index contributed by atoms with van der Waals surface area (Å²) >= 11 is 0. The van der Waals surface area contributed by atoms with E-state index in [2.05, 4.69) is 29.7 Å². The van der Waals surface area contributed by atoms with Crippen LogP contribution in [0, 0.1) is 6.92 Å². The largest absolute Gasteiger partial charge is 0.383 e. The zero-order valence-corrected chi connectivity index (χ0v) is 11.2. The van der Waals surface area contributed by atoms with Gasteiger partial charge in [-0.1, -0.05) is 24.3 Å². The Morgan fingerprint density at radius 3 is 2.78 bits per heavy atom. The van der Waals surface area contributed by atoms with Crippen LogP contribution in [0.15, 0.2) is 24.3 Å². The molecular weight excluding hydrogens is 228 g/mol. The van der Waals surface area contributed by atoms with Gasteiger partial charge < -0.3 is 15.4 Å². The predicted octanol–water partition coefficient (Wildman–Crippen LogP) is 1.24. The first kappa shape index (κ1) is 14.7. The lowest BCUT2D eigenvalue weighted by Gasteiger charge is -2.08. The Labute approximate surface area is 109 Å². The molecule has 4 heteroatoms. The molecule has 0 aromatic heterocycles. The van der Waals surface area contributed by atoms with Crippen LogP contribution < -0.4 is 10.6 Å². The SMILES string of the molecule is COCCNC(=O)CCNCc1ccccc1C. The summed E-state index contributed by atoms with van der Waals surface area (Å²) in [7, 11) is 1.62. The number of nitrogens with one attached hydrogen (secondary N) is 2. The van der Waals surface area contributed by atoms with Gasteiger partial charge in [-0.05, 0) is 18.1 Å². The lowest BCUT2D eigenvalue weighted by atomic mass is 10.1. The van der Waals surface area contributed by atoms with Crippen LogP contribution >= 0.6 is 0 Å². The summed E-state index contributed by atoms with van der Waals surface area (Å²) in [5, 5.41) is 6.06. The topological polar surface area (TPSA) is 50.4 Å². The third kappa shape index (κ3) is 5.80. The highest BCUT2D eigenvalue weighted by Crippen LogP contribution is 2.05. The Kier molecular flexibility index (Phi) is 7.06. The van der Waals surface area contributed by atoms with Gasteiger partial charge in [0.1, 0.15) is 0 Å². The summed E-state index contributed by atoms with van der Waals surface area (Å²) in [6.07, 6.45) is 0.496. The van der Waals surface area contributed by atoms with Crippen LogP contribution in [0.5, 0.6) is 0 Å². The van der Waals surface area contributed by atoms with Crippen molar-refractivity contribution in [3.8, 4) is 0 Å². The molecule has 0 unspecified atom stereocenters. The highest BCUT2D eigenvalue weighted by Gasteiger charge is 2.00. The average Bonchev–Trinajstić information content (AvgIpc) is 2.37. The maximum Gasteiger partial charge on any atom is 0.221 e. The van der Waals surface area contributed by atoms with Crippen molar-refractivity contribution in [1.29, 1.82) is 0 Å². The number of benzene rings is 1. The fraction of sp³-hybridized carbons (Fsp3) is 0.500. The number of ether oxygens (including phenoxy) is 1. The molecule has 0 atom stereocenters. The minimum Gasteiger partial charge on any atom is -0.383 e. The van der Waals surface area contributed by atoms with E-state index in [1.165, 1.54) is 11.1 Å². The molecule has 0 aliphatic carbocycles. The van der Waals surface area contributed by atoms with Crippen molar-refractivity contribution in [3.63, 3.8) is 0 Å². The smallest absolute Gasteiger partial charge is 0.221 e. The van der Waals surface area contributed by atoms with Crippen LogP contribution in [0.2, 0.25) is 0 Å². The van der Waals surface area contributed by atoms with E-state index in [0.29, 0.717) is 26.1 Å². The number of rotatable bonds is 8. The van der Waals surface area contributed by atoms with Gasteiger partial charge in [0.2, 0.25) is 5.91 Å². The van der Waals surface area contributed by atoms with Crippen molar-refractivity contribution in [2.45, 2.75) is 19.9 Å². The molecule has 1 rings (SSSR count). The number of carbonyl (C=O) groups is 1. The number of carbonyl (C=O) groups excluding carboxylic acids is 1. The van der Waals surface area contributed by atoms with Gasteiger partial charge in [-0.15, -0.1) is 0 Å². The van der Waals surface area contributed by atoms with Crippen molar-refractivity contribution in [3.05, 3.63) is 35.4 Å². The van der Waals surface area contributed by atoms with Crippen LogP contribution in [0.1, 0.15) is 17.5 Å². The monoisotopic (exact) mass is 250 g/mol. The van der Waals surface area contributed by atoms with Gasteiger partial charge in [0, 0.05) is 33.2 Å². The fourth-order valence-corrected chi connectivity index (χ4v) is 1.61. The van der Waals surface area contributed by atoms with Crippen molar-refractivity contribution >= 4 is 5.91 Å². The maximum atomic E-state index is 11.4. The highest BCUT2D eigenvalue weighted by atomic mass is 16.5. The van der Waals surface area contributed by atoms with E-state index in [1.54, 1.807) is 7.11 Å². The van der Waals surface area contributed by atoms with Gasteiger partial charge in [-0.2, -0.15) is 0 Å². The van der Waals surface area contributed by atoms with Gasteiger partial charge in [-0.25, -0.2) is 0 Å². The molecule has 0 heterocycles. The van der Waals surface area contributed by atoms with E-state index < -0.39 is 0 Å². The third-order valence-electron chi connectivity index (χ3n) is 2.73. The number of aryl methyl sites for hydroxylation is 1. The lowest BCUT2D eigenvalue weighted by Crippen LogP contribution is -2.30. The molecule has 1 aromatic rings. The van der Waals surface area contributed by atoms with Gasteiger partial charge in [0.25, 0.3) is 0 Å². The quantitative estimate of drug-likeness (QED) is 0.682. The molecule has 4 nitrogen and oxygen atoms in total. The molecule has 0 saturated carbocycles. The molecule has 2 N–H and O–H groups in total. The van der Waals surface area contributed by atoms with E-state index in [1.807, 2.05) is 12.1 Å². The molecule has 18 heavy (non-hydrogen) atoms. The van der Waals surface area contributed by atoms with Crippen molar-refractivity contribution in [1.82, 2.24) is 10.6 Å². The number of amides is 1. The Morgan fingerprint density at radius 2 is 2.06 bits per heavy atom. The van der Waals surface area contributed by atoms with Gasteiger partial charge in [0.05, 0.1) is 6.61 Å². The summed E-state index contributed by atoms with van der Waals surface area (Å²) < 4.78 is 4.86. The molecule has 100 valence electrons. The van der Waals surface area contributed by atoms with E-state index >= 15 is 0 Å². The van der Waals surface area contributed by atoms with E-state index in [0.717, 1.165) is 6.54 Å². The molecule has 0 bridgehead atoms. The molecule has 1 aromatic carbocycles. The Hall–Kier alpha value is -1.39. The molecule has 0 fully saturated rings. The van der Waals surface area contributed by atoms with E-state index in [4.69, 9.17) is 4.74 Å². The second-order valence-electron chi connectivity index (χ2n) is 4.20. The molecular formula is C14H22N2O2. The second kappa shape index (κ2) is 8.66. The molecule has 0 spiro atoms. The average molecular weight is 250 g/mol. The zero-order valence-electron chi connectivity index (χ0n) is 11.2. The van der Waals surface area contributed by atoms with Crippen molar-refractivity contribution in [2.24, 2.45) is 0 Å². The summed E-state index contributed by atoms with van der Waals surface area (Å²) in [5.41, 5.74) is 2.55. The van der Waals surface area contributed by atoms with Gasteiger partial charge in [-0.3, -0.25) is 4.79 Å². The van der Waals surface area contributed by atoms with E-state index in [-0.39, 0.29) is 5.91 Å². The number of methoxy groups -OCH3 is 1. The highest BCUT2D eigenvalue weighted by molar-refractivity contribution is 5.76. The van der Waals surface area contributed by atoms with Crippen molar-refractivity contribution in [2.75, 3.05) is 26.8 Å². The Morgan fingerprint density at radius 1 is 1.28 bits per heavy atom. The number of hydrogen-bond donors (Lipinski definition) is 2. The first-order chi connectivity index (χ1) is 8.74. The summed E-state index contributed by atoms with van der Waals surface area (Å²) in [5.74, 6) is 0.0596. The van der Waals surface area contributed by atoms with Gasteiger partial charge in [0.15, 0.2) is 0 Å². The van der Waals surface area contributed by atoms with Crippen LogP contribution in [-0.4, -0.2) is 32.7 Å². The minimum absolute atomic E-state index is 0.0596. The minimum atomic E-state index is 0.0596. The maximum absolute atomic E-state index is 11.4. The van der Waals surface area contributed by atoms with Crippen LogP contribution in [0.3, 0.4) is 0 Å². The molecule has 0 saturated heterocycles. The molecule has 0 aliphatic rings. The standard InChI is InChI=1S/C14H22N2O2/c1-12-5-3-4-6-13(12)11-15-8-7-14(17)16-9-10-18-2/h3-6,15H,7-11H2,1-2H3,(H,16,17). The lowest BCUT2D eigenvalue weighted by molar-refractivity contribution is -0.121. The zero-order chi connectivity index (χ0) is 13.2. The summed E-state index contributed by atoms with van der Waals surface area (Å²) in [4.78, 5) is 11.4. The first-order valence-corrected chi connectivity index (χ1v) is 6.25. The molecule has 0 radical (unpaired) electrons. The second-order valence-corrected chi connectivity index (χ2v) is 4.20. The Bertz CT molecular complexity index is 367. The normalized spacial score (nSPS) is 10.3. The van der Waals surface area contributed by atoms with Crippen LogP contribution in [-0.2, 0) is 16.1 Å². The molecule has 0 aliphatic heterocycles. The van der Waals surface area contributed by atoms with Crippen LogP contribution in [0.25, 0.3) is 0 Å². The van der Waals surface area contributed by atoms with Crippen LogP contribution in [0.4, 0.5) is 0 Å². The predicted molar refractivity (Wildman–Crippen MR) is 72.4 cm³/mol. The number of hydrogen-bond acceptors (Lipinski definition) is 3. The fourth-order valence-electron chi connectivity index (χ4n) is 1.61. The molecule has 1 amide bonds. The first-order valence-electron chi connectivity index (χ1n) is 6.25. The van der Waals surface area contributed by atoms with Crippen molar-refractivity contribution < 1.29 is 9.53 Å². The Balaban J connectivity index is 2.12. The summed E-state index contributed by atoms with van der Waals surface area (Å²) in [6, 6.07) is 8.25. The van der Waals surface area contributed by atoms with E-state index in [9.17, 15) is 4.79 Å².